The monoisotopic (exact) mass is 275 g/mol. The third-order valence-electron chi connectivity index (χ3n) is 4.16. The van der Waals surface area contributed by atoms with Crippen molar-refractivity contribution in [2.24, 2.45) is 11.8 Å². The van der Waals surface area contributed by atoms with Gasteiger partial charge >= 0.3 is 5.97 Å². The van der Waals surface area contributed by atoms with Gasteiger partial charge in [0.2, 0.25) is 0 Å². The molecule has 6 heteroatoms. The first-order valence-electron chi connectivity index (χ1n) is 6.63. The van der Waals surface area contributed by atoms with Crippen LogP contribution in [0.5, 0.6) is 0 Å². The fraction of sp³-hybridized carbons (Fsp3) is 0.917. The van der Waals surface area contributed by atoms with Gasteiger partial charge in [-0.1, -0.05) is 12.8 Å². The minimum Gasteiger partial charge on any atom is -0.481 e. The average molecular weight is 275 g/mol. The molecule has 2 fully saturated rings. The Morgan fingerprint density at radius 2 is 1.78 bits per heavy atom. The minimum atomic E-state index is -2.84. The van der Waals surface area contributed by atoms with E-state index in [9.17, 15) is 18.3 Å². The van der Waals surface area contributed by atoms with Gasteiger partial charge in [-0.3, -0.25) is 4.79 Å². The van der Waals surface area contributed by atoms with E-state index in [4.69, 9.17) is 0 Å². The molecule has 0 aromatic carbocycles. The van der Waals surface area contributed by atoms with Crippen LogP contribution in [-0.4, -0.2) is 55.5 Å². The van der Waals surface area contributed by atoms with Crippen LogP contribution in [-0.2, 0) is 14.6 Å². The van der Waals surface area contributed by atoms with Gasteiger partial charge in [-0.25, -0.2) is 8.42 Å². The lowest BCUT2D eigenvalue weighted by atomic mass is 9.79. The minimum absolute atomic E-state index is 0.192. The predicted molar refractivity (Wildman–Crippen MR) is 68.2 cm³/mol. The van der Waals surface area contributed by atoms with Gasteiger partial charge in [0.25, 0.3) is 0 Å². The van der Waals surface area contributed by atoms with Crippen LogP contribution in [0.2, 0.25) is 0 Å². The molecule has 1 aliphatic heterocycles. The molecule has 5 nitrogen and oxygen atoms in total. The van der Waals surface area contributed by atoms with Crippen molar-refractivity contribution in [3.63, 3.8) is 0 Å². The molecule has 104 valence electrons. The number of carboxylic acid groups (broad SMARTS) is 1. The van der Waals surface area contributed by atoms with Crippen molar-refractivity contribution in [1.29, 1.82) is 0 Å². The molecule has 0 spiro atoms. The Labute approximate surface area is 108 Å². The number of sulfone groups is 1. The molecule has 1 heterocycles. The molecule has 1 saturated carbocycles. The standard InChI is InChI=1S/C12H21NO4S/c14-12(15)11-4-2-1-3-10(11)9-13-5-7-18(16,17)8-6-13/h10-11H,1-9H2,(H,14,15). The summed E-state index contributed by atoms with van der Waals surface area (Å²) >= 11 is 0. The summed E-state index contributed by atoms with van der Waals surface area (Å²) in [4.78, 5) is 13.3. The number of aliphatic carboxylic acids is 1. The average Bonchev–Trinajstić information content (AvgIpc) is 2.32. The van der Waals surface area contributed by atoms with Crippen LogP contribution in [0.1, 0.15) is 25.7 Å². The fourth-order valence-electron chi connectivity index (χ4n) is 3.02. The number of hydrogen-bond acceptors (Lipinski definition) is 4. The Morgan fingerprint density at radius 3 is 2.39 bits per heavy atom. The van der Waals surface area contributed by atoms with Gasteiger partial charge in [-0.2, -0.15) is 0 Å². The summed E-state index contributed by atoms with van der Waals surface area (Å²) in [6.07, 6.45) is 3.83. The Kier molecular flexibility index (Phi) is 4.27. The van der Waals surface area contributed by atoms with Gasteiger partial charge in [0.05, 0.1) is 17.4 Å². The van der Waals surface area contributed by atoms with Crippen LogP contribution in [0.25, 0.3) is 0 Å². The summed E-state index contributed by atoms with van der Waals surface area (Å²) in [5.74, 6) is -0.298. The Bertz CT molecular complexity index is 392. The normalized spacial score (nSPS) is 33.1. The number of carbonyl (C=O) groups is 1. The molecular formula is C12H21NO4S. The lowest BCUT2D eigenvalue weighted by Crippen LogP contribution is -2.45. The van der Waals surface area contributed by atoms with Crippen LogP contribution in [0, 0.1) is 11.8 Å². The zero-order chi connectivity index (χ0) is 13.2. The van der Waals surface area contributed by atoms with Crippen molar-refractivity contribution >= 4 is 15.8 Å². The zero-order valence-corrected chi connectivity index (χ0v) is 11.4. The maximum absolute atomic E-state index is 11.3. The van der Waals surface area contributed by atoms with E-state index in [1.165, 1.54) is 0 Å². The van der Waals surface area contributed by atoms with E-state index in [-0.39, 0.29) is 23.3 Å². The predicted octanol–water partition coefficient (Wildman–Crippen LogP) is 0.608. The molecule has 1 aliphatic carbocycles. The third kappa shape index (κ3) is 3.45. The molecule has 1 N–H and O–H groups in total. The highest BCUT2D eigenvalue weighted by Gasteiger charge is 2.33. The van der Waals surface area contributed by atoms with E-state index in [2.05, 4.69) is 4.90 Å². The molecule has 2 atom stereocenters. The Hall–Kier alpha value is -0.620. The summed E-state index contributed by atoms with van der Waals surface area (Å²) in [5, 5.41) is 9.21. The Balaban J connectivity index is 1.90. The van der Waals surface area contributed by atoms with Gasteiger partial charge in [0.1, 0.15) is 0 Å². The van der Waals surface area contributed by atoms with Gasteiger partial charge in [0.15, 0.2) is 9.84 Å². The summed E-state index contributed by atoms with van der Waals surface area (Å²) in [6, 6.07) is 0. The maximum atomic E-state index is 11.3. The van der Waals surface area contributed by atoms with Crippen LogP contribution in [0.15, 0.2) is 0 Å². The van der Waals surface area contributed by atoms with Crippen molar-refractivity contribution in [1.82, 2.24) is 4.90 Å². The number of nitrogens with zero attached hydrogens (tertiary/aromatic N) is 1. The second-order valence-corrected chi connectivity index (χ2v) is 7.75. The van der Waals surface area contributed by atoms with Crippen molar-refractivity contribution in [2.45, 2.75) is 25.7 Å². The molecule has 0 aromatic heterocycles. The highest BCUT2D eigenvalue weighted by Crippen LogP contribution is 2.31. The van der Waals surface area contributed by atoms with Gasteiger partial charge < -0.3 is 10.0 Å². The molecule has 0 amide bonds. The molecular weight excluding hydrogens is 254 g/mol. The molecule has 18 heavy (non-hydrogen) atoms. The quantitative estimate of drug-likeness (QED) is 0.816. The van der Waals surface area contributed by atoms with E-state index in [1.807, 2.05) is 0 Å². The first-order chi connectivity index (χ1) is 8.48. The van der Waals surface area contributed by atoms with Crippen molar-refractivity contribution in [3.05, 3.63) is 0 Å². The first kappa shape index (κ1) is 13.8. The van der Waals surface area contributed by atoms with E-state index in [1.54, 1.807) is 0 Å². The summed E-state index contributed by atoms with van der Waals surface area (Å²) in [7, 11) is -2.84. The van der Waals surface area contributed by atoms with Gasteiger partial charge in [-0.15, -0.1) is 0 Å². The van der Waals surface area contributed by atoms with Crippen LogP contribution in [0.3, 0.4) is 0 Å². The summed E-state index contributed by atoms with van der Waals surface area (Å²) in [5.41, 5.74) is 0. The van der Waals surface area contributed by atoms with Crippen LogP contribution in [0.4, 0.5) is 0 Å². The topological polar surface area (TPSA) is 74.7 Å². The second-order valence-electron chi connectivity index (χ2n) is 5.44. The SMILES string of the molecule is O=C(O)C1CCCCC1CN1CCS(=O)(=O)CC1. The molecule has 2 aliphatic rings. The summed E-state index contributed by atoms with van der Waals surface area (Å²) < 4.78 is 22.7. The largest absolute Gasteiger partial charge is 0.481 e. The maximum Gasteiger partial charge on any atom is 0.306 e. The van der Waals surface area contributed by atoms with Crippen molar-refractivity contribution in [2.75, 3.05) is 31.1 Å². The van der Waals surface area contributed by atoms with Gasteiger partial charge in [-0.05, 0) is 18.8 Å². The zero-order valence-electron chi connectivity index (χ0n) is 10.5. The smallest absolute Gasteiger partial charge is 0.306 e. The van der Waals surface area contributed by atoms with E-state index < -0.39 is 15.8 Å². The lowest BCUT2D eigenvalue weighted by Gasteiger charge is -2.35. The van der Waals surface area contributed by atoms with Crippen LogP contribution >= 0.6 is 0 Å². The molecule has 0 radical (unpaired) electrons. The molecule has 2 unspecified atom stereocenters. The first-order valence-corrected chi connectivity index (χ1v) is 8.46. The molecule has 0 aromatic rings. The molecule has 2 rings (SSSR count). The van der Waals surface area contributed by atoms with Crippen molar-refractivity contribution in [3.8, 4) is 0 Å². The Morgan fingerprint density at radius 1 is 1.17 bits per heavy atom. The van der Waals surface area contributed by atoms with Crippen LogP contribution < -0.4 is 0 Å². The van der Waals surface area contributed by atoms with E-state index in [0.717, 1.165) is 32.2 Å². The number of carboxylic acids is 1. The second kappa shape index (κ2) is 5.57. The third-order valence-corrected chi connectivity index (χ3v) is 5.77. The fourth-order valence-corrected chi connectivity index (χ4v) is 4.29. The number of hydrogen-bond donors (Lipinski definition) is 1. The van der Waals surface area contributed by atoms with Crippen molar-refractivity contribution < 1.29 is 18.3 Å². The number of rotatable bonds is 3. The molecule has 1 saturated heterocycles. The van der Waals surface area contributed by atoms with Gasteiger partial charge in [0, 0.05) is 19.6 Å². The lowest BCUT2D eigenvalue weighted by molar-refractivity contribution is -0.145. The molecule has 0 bridgehead atoms. The highest BCUT2D eigenvalue weighted by molar-refractivity contribution is 7.91. The summed E-state index contributed by atoms with van der Waals surface area (Å²) in [6.45, 7) is 1.86. The van der Waals surface area contributed by atoms with E-state index >= 15 is 0 Å². The van der Waals surface area contributed by atoms with E-state index in [0.29, 0.717) is 13.1 Å². The highest BCUT2D eigenvalue weighted by atomic mass is 32.2.